The summed E-state index contributed by atoms with van der Waals surface area (Å²) in [5, 5.41) is 10.1. The third-order valence-electron chi connectivity index (χ3n) is 4.02. The molecule has 1 aliphatic rings. The molecule has 1 fully saturated rings. The van der Waals surface area contributed by atoms with E-state index in [0.29, 0.717) is 0 Å². The Balaban J connectivity index is 2.06. The summed E-state index contributed by atoms with van der Waals surface area (Å²) in [5.41, 5.74) is -1.67. The van der Waals surface area contributed by atoms with Crippen LogP contribution in [0.1, 0.15) is 24.4 Å². The minimum absolute atomic E-state index is 0.0135. The number of hydrogen-bond acceptors (Lipinski definition) is 9. The maximum absolute atomic E-state index is 12.0. The number of phosphoric ester groups is 1. The fraction of sp³-hybridized carbons (Fsp3) is 0.500. The molecule has 0 saturated heterocycles. The summed E-state index contributed by atoms with van der Waals surface area (Å²) in [7, 11) is -16.5. The third-order valence-corrected chi connectivity index (χ3v) is 7.82. The molecular weight excluding hydrogens is 473 g/mol. The number of nitrogens with zero attached hydrogens (tertiary/aromatic N) is 1. The van der Waals surface area contributed by atoms with Gasteiger partial charge in [-0.2, -0.15) is 8.62 Å². The topological polar surface area (TPSA) is 235 Å². The zero-order chi connectivity index (χ0) is 22.9. The zero-order valence-corrected chi connectivity index (χ0v) is 17.5. The number of H-pyrrole nitrogens is 1. The Hall–Kier alpha value is -1.39. The quantitative estimate of drug-likeness (QED) is 0.193. The van der Waals surface area contributed by atoms with Gasteiger partial charge in [-0.15, -0.1) is 6.42 Å². The molecule has 1 heterocycles. The van der Waals surface area contributed by atoms with Gasteiger partial charge in [-0.05, 0) is 12.8 Å². The van der Waals surface area contributed by atoms with Gasteiger partial charge >= 0.3 is 29.2 Å². The maximum atomic E-state index is 12.0. The molecule has 0 aliphatic heterocycles. The van der Waals surface area contributed by atoms with Gasteiger partial charge < -0.3 is 24.7 Å². The number of nitrogens with one attached hydrogen (secondary N) is 1. The monoisotopic (exact) mass is 490 g/mol. The number of aliphatic hydroxyl groups excluding tert-OH is 1. The summed E-state index contributed by atoms with van der Waals surface area (Å²) in [6, 6.07) is -0.661. The number of aromatic amines is 1. The Kier molecular flexibility index (Phi) is 7.46. The molecule has 18 heteroatoms. The van der Waals surface area contributed by atoms with E-state index < -0.39 is 59.4 Å². The number of terminal acetylenes is 1. The Morgan fingerprint density at radius 3 is 2.33 bits per heavy atom. The predicted octanol–water partition coefficient (Wildman–Crippen LogP) is -0.827. The lowest BCUT2D eigenvalue weighted by Crippen LogP contribution is -2.33. The van der Waals surface area contributed by atoms with Gasteiger partial charge in [-0.1, -0.05) is 5.92 Å². The lowest BCUT2D eigenvalue weighted by Gasteiger charge is -2.19. The van der Waals surface area contributed by atoms with Crippen LogP contribution in [0.2, 0.25) is 0 Å². The molecule has 0 spiro atoms. The number of aromatic nitrogens is 2. The van der Waals surface area contributed by atoms with Crippen molar-refractivity contribution in [3.8, 4) is 12.3 Å². The predicted molar refractivity (Wildman–Crippen MR) is 96.8 cm³/mol. The molecule has 1 aromatic heterocycles. The normalized spacial score (nSPS) is 25.9. The van der Waals surface area contributed by atoms with Gasteiger partial charge in [0.25, 0.3) is 5.56 Å². The SMILES string of the molecule is C#Cc1cn([C@@H]2C[C@H](COP(=O)(O)OP(=O)(O)OP(=O)(O)O)[C@H](O)C2)c(=O)[nH]c1=O. The molecule has 2 rings (SSSR count). The molecule has 1 saturated carbocycles. The fourth-order valence-electron chi connectivity index (χ4n) is 2.83. The highest BCUT2D eigenvalue weighted by Crippen LogP contribution is 2.66. The molecule has 15 nitrogen and oxygen atoms in total. The van der Waals surface area contributed by atoms with Crippen molar-refractivity contribution in [2.45, 2.75) is 25.0 Å². The standard InChI is InChI=1S/C12H17N2O13P3/c1-2-7-5-14(12(17)13-11(7)16)9-3-8(10(15)4-9)6-25-29(21,22)27-30(23,24)26-28(18,19)20/h1,5,8-10,15H,3-4,6H2,(H,21,22)(H,23,24)(H,13,16,17)(H2,18,19,20)/t8-,9-,10-/m1/s1. The molecule has 168 valence electrons. The van der Waals surface area contributed by atoms with Gasteiger partial charge in [0.1, 0.15) is 5.56 Å². The molecule has 2 unspecified atom stereocenters. The molecule has 0 radical (unpaired) electrons. The lowest BCUT2D eigenvalue weighted by atomic mass is 10.1. The average Bonchev–Trinajstić information content (AvgIpc) is 2.90. The van der Waals surface area contributed by atoms with Crippen molar-refractivity contribution < 1.29 is 51.5 Å². The van der Waals surface area contributed by atoms with Crippen molar-refractivity contribution in [1.29, 1.82) is 0 Å². The number of aliphatic hydroxyl groups is 1. The van der Waals surface area contributed by atoms with Gasteiger partial charge in [-0.25, -0.2) is 18.5 Å². The highest BCUT2D eigenvalue weighted by atomic mass is 31.3. The van der Waals surface area contributed by atoms with Gasteiger partial charge in [-0.3, -0.25) is 18.9 Å². The summed E-state index contributed by atoms with van der Waals surface area (Å²) >= 11 is 0. The molecule has 5 atom stereocenters. The largest absolute Gasteiger partial charge is 0.490 e. The first-order valence-corrected chi connectivity index (χ1v) is 12.4. The first-order valence-electron chi connectivity index (χ1n) is 7.91. The van der Waals surface area contributed by atoms with E-state index in [1.807, 2.05) is 4.98 Å². The summed E-state index contributed by atoms with van der Waals surface area (Å²) in [6.07, 6.45) is 5.17. The van der Waals surface area contributed by atoms with E-state index in [1.165, 1.54) is 0 Å². The smallest absolute Gasteiger partial charge is 0.393 e. The Labute approximate surface area is 167 Å². The lowest BCUT2D eigenvalue weighted by molar-refractivity contribution is 0.0834. The van der Waals surface area contributed by atoms with Crippen LogP contribution in [-0.2, 0) is 26.8 Å². The highest BCUT2D eigenvalue weighted by Gasteiger charge is 2.42. The summed E-state index contributed by atoms with van der Waals surface area (Å²) in [5.74, 6) is 1.24. The van der Waals surface area contributed by atoms with Crippen LogP contribution in [0.25, 0.3) is 0 Å². The third kappa shape index (κ3) is 6.81. The van der Waals surface area contributed by atoms with Crippen molar-refractivity contribution in [2.75, 3.05) is 6.61 Å². The van der Waals surface area contributed by atoms with E-state index in [0.717, 1.165) is 10.8 Å². The average molecular weight is 490 g/mol. The van der Waals surface area contributed by atoms with Crippen molar-refractivity contribution in [3.63, 3.8) is 0 Å². The summed E-state index contributed by atoms with van der Waals surface area (Å²) in [4.78, 5) is 61.0. The molecular formula is C12H17N2O13P3. The van der Waals surface area contributed by atoms with Crippen LogP contribution in [0.3, 0.4) is 0 Å². The van der Waals surface area contributed by atoms with Crippen LogP contribution in [0.5, 0.6) is 0 Å². The van der Waals surface area contributed by atoms with Crippen LogP contribution in [0, 0.1) is 18.3 Å². The molecule has 1 aliphatic carbocycles. The second-order valence-electron chi connectivity index (χ2n) is 6.19. The van der Waals surface area contributed by atoms with Crippen LogP contribution in [0.15, 0.2) is 15.8 Å². The van der Waals surface area contributed by atoms with Crippen molar-refractivity contribution >= 4 is 23.5 Å². The highest BCUT2D eigenvalue weighted by molar-refractivity contribution is 7.66. The van der Waals surface area contributed by atoms with Crippen LogP contribution in [-0.4, -0.2) is 46.9 Å². The molecule has 0 amide bonds. The van der Waals surface area contributed by atoms with E-state index >= 15 is 0 Å². The van der Waals surface area contributed by atoms with Gasteiger partial charge in [0.2, 0.25) is 0 Å². The summed E-state index contributed by atoms with van der Waals surface area (Å²) < 4.78 is 46.4. The Morgan fingerprint density at radius 1 is 1.13 bits per heavy atom. The van der Waals surface area contributed by atoms with Crippen LogP contribution in [0.4, 0.5) is 0 Å². The Morgan fingerprint density at radius 2 is 1.77 bits per heavy atom. The number of phosphoric acid groups is 3. The molecule has 0 bridgehead atoms. The van der Waals surface area contributed by atoms with E-state index in [9.17, 15) is 33.3 Å². The molecule has 1 aromatic rings. The number of hydrogen-bond donors (Lipinski definition) is 6. The first-order chi connectivity index (χ1) is 13.6. The minimum atomic E-state index is -5.65. The molecule has 0 aromatic carbocycles. The van der Waals surface area contributed by atoms with E-state index in [-0.39, 0.29) is 18.4 Å². The molecule has 6 N–H and O–H groups in total. The minimum Gasteiger partial charge on any atom is -0.393 e. The maximum Gasteiger partial charge on any atom is 0.490 e. The first kappa shape index (κ1) is 24.9. The number of rotatable bonds is 8. The van der Waals surface area contributed by atoms with Crippen LogP contribution < -0.4 is 11.2 Å². The zero-order valence-electron chi connectivity index (χ0n) is 14.8. The van der Waals surface area contributed by atoms with E-state index in [1.54, 1.807) is 0 Å². The van der Waals surface area contributed by atoms with Gasteiger partial charge in [0, 0.05) is 18.2 Å². The summed E-state index contributed by atoms with van der Waals surface area (Å²) in [6.45, 7) is -0.693. The fourth-order valence-corrected chi connectivity index (χ4v) is 5.91. The van der Waals surface area contributed by atoms with E-state index in [4.69, 9.17) is 21.1 Å². The second-order valence-corrected chi connectivity index (χ2v) is 10.6. The van der Waals surface area contributed by atoms with Gasteiger partial charge in [0.15, 0.2) is 0 Å². The second kappa shape index (κ2) is 9.00. The van der Waals surface area contributed by atoms with Crippen molar-refractivity contribution in [2.24, 2.45) is 5.92 Å². The van der Waals surface area contributed by atoms with E-state index in [2.05, 4.69) is 19.1 Å². The molecule has 30 heavy (non-hydrogen) atoms. The van der Waals surface area contributed by atoms with Crippen molar-refractivity contribution in [3.05, 3.63) is 32.6 Å². The van der Waals surface area contributed by atoms with Crippen LogP contribution >= 0.6 is 23.5 Å². The Bertz CT molecular complexity index is 1100. The van der Waals surface area contributed by atoms with Gasteiger partial charge in [0.05, 0.1) is 12.7 Å². The van der Waals surface area contributed by atoms with Crippen molar-refractivity contribution in [1.82, 2.24) is 9.55 Å².